The smallest absolute Gasteiger partial charge is 0.245 e. The summed E-state index contributed by atoms with van der Waals surface area (Å²) in [4.78, 5) is 0.142. The SMILES string of the molecule is CCN(C1CCNC1)S(=O)(=O)c1c(C)c(Cl)cc(C)c1Cl. The van der Waals surface area contributed by atoms with Crippen LogP contribution in [-0.2, 0) is 10.0 Å². The fourth-order valence-electron chi connectivity index (χ4n) is 2.75. The summed E-state index contributed by atoms with van der Waals surface area (Å²) >= 11 is 12.4. The summed E-state index contributed by atoms with van der Waals surface area (Å²) in [5.74, 6) is 0. The van der Waals surface area contributed by atoms with Crippen LogP contribution in [0.5, 0.6) is 0 Å². The van der Waals surface area contributed by atoms with Gasteiger partial charge in [-0.1, -0.05) is 30.1 Å². The standard InChI is InChI=1S/C14H20Cl2N2O2S/c1-4-18(11-5-6-17-8-11)21(19,20)14-10(3)12(15)7-9(2)13(14)16/h7,11,17H,4-6,8H2,1-3H3. The Kier molecular flexibility index (Phi) is 5.21. The van der Waals surface area contributed by atoms with Gasteiger partial charge in [-0.15, -0.1) is 0 Å². The molecule has 0 amide bonds. The van der Waals surface area contributed by atoms with E-state index in [0.29, 0.717) is 29.2 Å². The van der Waals surface area contributed by atoms with E-state index in [1.165, 1.54) is 4.31 Å². The summed E-state index contributed by atoms with van der Waals surface area (Å²) < 4.78 is 27.6. The Hall–Kier alpha value is -0.330. The van der Waals surface area contributed by atoms with Crippen LogP contribution in [-0.4, -0.2) is 38.4 Å². The van der Waals surface area contributed by atoms with E-state index in [1.54, 1.807) is 19.9 Å². The molecule has 1 fully saturated rings. The van der Waals surface area contributed by atoms with Crippen molar-refractivity contribution in [3.63, 3.8) is 0 Å². The highest BCUT2D eigenvalue weighted by atomic mass is 35.5. The summed E-state index contributed by atoms with van der Waals surface area (Å²) in [6.45, 7) is 7.22. The molecule has 1 aromatic carbocycles. The van der Waals surface area contributed by atoms with Crippen LogP contribution in [0, 0.1) is 13.8 Å². The molecule has 118 valence electrons. The van der Waals surface area contributed by atoms with E-state index in [1.807, 2.05) is 6.92 Å². The first kappa shape index (κ1) is 17.0. The van der Waals surface area contributed by atoms with E-state index in [-0.39, 0.29) is 16.0 Å². The third-order valence-electron chi connectivity index (χ3n) is 3.91. The molecule has 2 rings (SSSR count). The van der Waals surface area contributed by atoms with E-state index in [4.69, 9.17) is 23.2 Å². The second kappa shape index (κ2) is 6.42. The number of sulfonamides is 1. The molecule has 1 heterocycles. The van der Waals surface area contributed by atoms with E-state index in [0.717, 1.165) is 13.0 Å². The zero-order chi connectivity index (χ0) is 15.8. The molecule has 1 saturated heterocycles. The second-order valence-corrected chi connectivity index (χ2v) is 7.91. The van der Waals surface area contributed by atoms with Crippen molar-refractivity contribution in [3.8, 4) is 0 Å². The molecule has 0 spiro atoms. The first-order valence-corrected chi connectivity index (χ1v) is 9.18. The number of nitrogens with one attached hydrogen (secondary N) is 1. The number of nitrogens with zero attached hydrogens (tertiary/aromatic N) is 1. The predicted molar refractivity (Wildman–Crippen MR) is 86.8 cm³/mol. The van der Waals surface area contributed by atoms with Crippen molar-refractivity contribution in [2.24, 2.45) is 0 Å². The maximum atomic E-state index is 13.1. The fraction of sp³-hybridized carbons (Fsp3) is 0.571. The Morgan fingerprint density at radius 1 is 1.38 bits per heavy atom. The van der Waals surface area contributed by atoms with E-state index < -0.39 is 10.0 Å². The maximum absolute atomic E-state index is 13.1. The van der Waals surface area contributed by atoms with Crippen LogP contribution in [0.15, 0.2) is 11.0 Å². The zero-order valence-corrected chi connectivity index (χ0v) is 14.7. The quantitative estimate of drug-likeness (QED) is 0.907. The van der Waals surface area contributed by atoms with Crippen molar-refractivity contribution < 1.29 is 8.42 Å². The summed E-state index contributed by atoms with van der Waals surface area (Å²) in [5, 5.41) is 3.89. The molecule has 1 N–H and O–H groups in total. The largest absolute Gasteiger partial charge is 0.315 e. The molecule has 1 atom stereocenters. The summed E-state index contributed by atoms with van der Waals surface area (Å²) in [5.41, 5.74) is 1.18. The van der Waals surface area contributed by atoms with Gasteiger partial charge in [-0.2, -0.15) is 4.31 Å². The van der Waals surface area contributed by atoms with E-state index in [2.05, 4.69) is 5.32 Å². The highest BCUT2D eigenvalue weighted by Crippen LogP contribution is 2.36. The third kappa shape index (κ3) is 3.08. The molecule has 1 aliphatic heterocycles. The normalized spacial score (nSPS) is 19.4. The molecule has 1 aromatic rings. The van der Waals surface area contributed by atoms with Gasteiger partial charge in [-0.05, 0) is 44.0 Å². The summed E-state index contributed by atoms with van der Waals surface area (Å²) in [6.07, 6.45) is 0.809. The molecule has 1 unspecified atom stereocenters. The van der Waals surface area contributed by atoms with Crippen molar-refractivity contribution in [1.29, 1.82) is 0 Å². The van der Waals surface area contributed by atoms with Crippen molar-refractivity contribution >= 4 is 33.2 Å². The van der Waals surface area contributed by atoms with Gasteiger partial charge in [-0.25, -0.2) is 8.42 Å². The summed E-state index contributed by atoms with van der Waals surface area (Å²) in [6, 6.07) is 1.67. The molecule has 21 heavy (non-hydrogen) atoms. The van der Waals surface area contributed by atoms with Crippen molar-refractivity contribution in [2.75, 3.05) is 19.6 Å². The van der Waals surface area contributed by atoms with Crippen LogP contribution in [0.4, 0.5) is 0 Å². The molecule has 0 radical (unpaired) electrons. The first-order valence-electron chi connectivity index (χ1n) is 6.98. The van der Waals surface area contributed by atoms with Gasteiger partial charge in [0.05, 0.1) is 5.02 Å². The van der Waals surface area contributed by atoms with Crippen molar-refractivity contribution in [1.82, 2.24) is 9.62 Å². The van der Waals surface area contributed by atoms with E-state index in [9.17, 15) is 8.42 Å². The molecule has 4 nitrogen and oxygen atoms in total. The van der Waals surface area contributed by atoms with Gasteiger partial charge in [0.15, 0.2) is 0 Å². The minimum absolute atomic E-state index is 0.0326. The second-order valence-electron chi connectivity index (χ2n) is 5.30. The van der Waals surface area contributed by atoms with Crippen LogP contribution >= 0.6 is 23.2 Å². The Bertz CT molecular complexity index is 615. The van der Waals surface area contributed by atoms with Crippen molar-refractivity contribution in [3.05, 3.63) is 27.2 Å². The fourth-order valence-corrected chi connectivity index (χ4v) is 5.58. The number of aryl methyl sites for hydroxylation is 1. The minimum Gasteiger partial charge on any atom is -0.315 e. The summed E-state index contributed by atoms with van der Waals surface area (Å²) in [7, 11) is -3.66. The molecule has 0 aromatic heterocycles. The van der Waals surface area contributed by atoms with Crippen LogP contribution in [0.1, 0.15) is 24.5 Å². The maximum Gasteiger partial charge on any atom is 0.245 e. The third-order valence-corrected chi connectivity index (χ3v) is 7.10. The monoisotopic (exact) mass is 350 g/mol. The highest BCUT2D eigenvalue weighted by molar-refractivity contribution is 7.89. The highest BCUT2D eigenvalue weighted by Gasteiger charge is 2.35. The molecular weight excluding hydrogens is 331 g/mol. The molecular formula is C14H20Cl2N2O2S. The lowest BCUT2D eigenvalue weighted by Crippen LogP contribution is -2.41. The molecule has 0 aliphatic carbocycles. The van der Waals surface area contributed by atoms with Crippen molar-refractivity contribution in [2.45, 2.75) is 38.1 Å². The van der Waals surface area contributed by atoms with Gasteiger partial charge in [-0.3, -0.25) is 0 Å². The average Bonchev–Trinajstić information content (AvgIpc) is 2.90. The molecule has 0 bridgehead atoms. The van der Waals surface area contributed by atoms with Gasteiger partial charge in [0.2, 0.25) is 10.0 Å². The molecule has 7 heteroatoms. The Morgan fingerprint density at radius 3 is 2.57 bits per heavy atom. The van der Waals surface area contributed by atoms with Gasteiger partial charge < -0.3 is 5.32 Å². The van der Waals surface area contributed by atoms with E-state index >= 15 is 0 Å². The van der Waals surface area contributed by atoms with Gasteiger partial charge >= 0.3 is 0 Å². The number of hydrogen-bond donors (Lipinski definition) is 1. The number of rotatable bonds is 4. The van der Waals surface area contributed by atoms with Crippen LogP contribution in [0.25, 0.3) is 0 Å². The Balaban J connectivity index is 2.58. The van der Waals surface area contributed by atoms with Crippen LogP contribution < -0.4 is 5.32 Å². The average molecular weight is 351 g/mol. The predicted octanol–water partition coefficient (Wildman–Crippen LogP) is 2.98. The van der Waals surface area contributed by atoms with Crippen LogP contribution in [0.2, 0.25) is 10.0 Å². The first-order chi connectivity index (χ1) is 9.80. The number of likely N-dealkylation sites (N-methyl/N-ethyl adjacent to an activating group) is 1. The van der Waals surface area contributed by atoms with Gasteiger partial charge in [0.1, 0.15) is 4.90 Å². The number of benzene rings is 1. The lowest BCUT2D eigenvalue weighted by Gasteiger charge is -2.28. The zero-order valence-electron chi connectivity index (χ0n) is 12.4. The number of halogens is 2. The minimum atomic E-state index is -3.66. The lowest BCUT2D eigenvalue weighted by atomic mass is 10.2. The topological polar surface area (TPSA) is 49.4 Å². The lowest BCUT2D eigenvalue weighted by molar-refractivity contribution is 0.348. The Morgan fingerprint density at radius 2 is 2.05 bits per heavy atom. The molecule has 1 aliphatic rings. The molecule has 0 saturated carbocycles. The Labute approximate surface area is 136 Å². The van der Waals surface area contributed by atoms with Crippen LogP contribution in [0.3, 0.4) is 0 Å². The number of hydrogen-bond acceptors (Lipinski definition) is 3. The van der Waals surface area contributed by atoms with Gasteiger partial charge in [0, 0.05) is 24.2 Å². The van der Waals surface area contributed by atoms with Gasteiger partial charge in [0.25, 0.3) is 0 Å².